The van der Waals surface area contributed by atoms with Crippen molar-refractivity contribution in [2.75, 3.05) is 7.11 Å². The third-order valence-electron chi connectivity index (χ3n) is 8.60. The smallest absolute Gasteiger partial charge is 0.337 e. The Kier molecular flexibility index (Phi) is 15.4. The van der Waals surface area contributed by atoms with Crippen molar-refractivity contribution in [1.29, 1.82) is 0 Å². The number of carbonyl (C=O) groups excluding carboxylic acids is 3. The lowest BCUT2D eigenvalue weighted by Gasteiger charge is -2.17. The number of rotatable bonds is 12. The topological polar surface area (TPSA) is 140 Å². The van der Waals surface area contributed by atoms with Gasteiger partial charge in [0.2, 0.25) is 0 Å². The fourth-order valence-corrected chi connectivity index (χ4v) is 6.21. The van der Waals surface area contributed by atoms with E-state index in [0.29, 0.717) is 54.2 Å². The molecule has 0 heterocycles. The molecule has 10 nitrogen and oxygen atoms in total. The summed E-state index contributed by atoms with van der Waals surface area (Å²) in [6, 6.07) is 35.8. The second kappa shape index (κ2) is 20.6. The molecule has 302 valence electrons. The van der Waals surface area contributed by atoms with E-state index in [1.165, 1.54) is 25.3 Å². The highest BCUT2D eigenvalue weighted by atomic mass is 35.5. The third-order valence-corrected chi connectivity index (χ3v) is 9.55. The molecule has 6 aromatic carbocycles. The number of halogens is 4. The predicted octanol–water partition coefficient (Wildman–Crippen LogP) is 12.0. The van der Waals surface area contributed by atoms with Crippen LogP contribution >= 0.6 is 46.4 Å². The minimum absolute atomic E-state index is 0.180. The summed E-state index contributed by atoms with van der Waals surface area (Å²) >= 11 is 24.2. The van der Waals surface area contributed by atoms with E-state index in [4.69, 9.17) is 65.7 Å². The molecule has 0 bridgehead atoms. The third kappa shape index (κ3) is 12.5. The second-order valence-electron chi connectivity index (χ2n) is 12.8. The van der Waals surface area contributed by atoms with Crippen LogP contribution in [-0.2, 0) is 4.74 Å². The number of nitrogens with one attached hydrogen (secondary N) is 2. The molecular formula is C45H36Cl4N2O8. The second-order valence-corrected chi connectivity index (χ2v) is 14.6. The summed E-state index contributed by atoms with van der Waals surface area (Å²) < 4.78 is 16.4. The van der Waals surface area contributed by atoms with E-state index in [1.807, 2.05) is 6.92 Å². The maximum atomic E-state index is 12.9. The summed E-state index contributed by atoms with van der Waals surface area (Å²) in [5.41, 5.74) is 2.77. The number of esters is 1. The molecule has 0 saturated heterocycles. The van der Waals surface area contributed by atoms with Crippen LogP contribution in [0.3, 0.4) is 0 Å². The number of methoxy groups -OCH3 is 1. The fraction of sp³-hybridized carbons (Fsp3) is 0.111. The van der Waals surface area contributed by atoms with Crippen LogP contribution in [-0.4, -0.2) is 36.0 Å². The zero-order valence-electron chi connectivity index (χ0n) is 31.7. The number of aromatic carboxylic acids is 1. The maximum absolute atomic E-state index is 12.9. The van der Waals surface area contributed by atoms with E-state index in [2.05, 4.69) is 10.6 Å². The van der Waals surface area contributed by atoms with Gasteiger partial charge >= 0.3 is 11.9 Å². The molecule has 0 saturated carbocycles. The maximum Gasteiger partial charge on any atom is 0.337 e. The predicted molar refractivity (Wildman–Crippen MR) is 229 cm³/mol. The minimum atomic E-state index is -1.00. The summed E-state index contributed by atoms with van der Waals surface area (Å²) in [6.45, 7) is 3.64. The molecule has 6 rings (SSSR count). The molecule has 0 aromatic heterocycles. The normalized spacial score (nSPS) is 11.5. The van der Waals surface area contributed by atoms with E-state index >= 15 is 0 Å². The first kappa shape index (κ1) is 44.1. The lowest BCUT2D eigenvalue weighted by Crippen LogP contribution is -2.27. The van der Waals surface area contributed by atoms with E-state index in [0.717, 1.165) is 11.1 Å². The van der Waals surface area contributed by atoms with Crippen LogP contribution in [0, 0.1) is 0 Å². The molecule has 0 aliphatic heterocycles. The summed E-state index contributed by atoms with van der Waals surface area (Å²) in [5.74, 6) is -0.458. The number of carbonyl (C=O) groups is 4. The van der Waals surface area contributed by atoms with Crippen LogP contribution in [0.5, 0.6) is 23.0 Å². The van der Waals surface area contributed by atoms with Crippen LogP contribution in [0.4, 0.5) is 0 Å². The van der Waals surface area contributed by atoms with Gasteiger partial charge in [0.1, 0.15) is 23.0 Å². The summed E-state index contributed by atoms with van der Waals surface area (Å²) in [6.07, 6.45) is 0. The SMILES string of the molecule is COC(=O)c1ccc([C@H](C)NC(=O)c2cc(Cl)ccc2Oc2cccc(Cl)c2)cc1.C[C@H](NC(=O)c1cc(Cl)ccc1Oc1cccc(Cl)c1)c1ccc(C(=O)O)cc1. The van der Waals surface area contributed by atoms with Gasteiger partial charge in [0.25, 0.3) is 11.8 Å². The Morgan fingerprint density at radius 3 is 1.29 bits per heavy atom. The molecule has 59 heavy (non-hydrogen) atoms. The highest BCUT2D eigenvalue weighted by Gasteiger charge is 2.20. The van der Waals surface area contributed by atoms with Crippen LogP contribution in [0.15, 0.2) is 133 Å². The average Bonchev–Trinajstić information content (AvgIpc) is 3.22. The molecular weight excluding hydrogens is 838 g/mol. The Morgan fingerprint density at radius 1 is 0.525 bits per heavy atom. The van der Waals surface area contributed by atoms with E-state index < -0.39 is 11.9 Å². The van der Waals surface area contributed by atoms with Gasteiger partial charge in [0, 0.05) is 20.1 Å². The first-order valence-electron chi connectivity index (χ1n) is 17.8. The molecule has 2 atom stereocenters. The van der Waals surface area contributed by atoms with Gasteiger partial charge in [0.15, 0.2) is 0 Å². The molecule has 14 heteroatoms. The first-order valence-corrected chi connectivity index (χ1v) is 19.3. The van der Waals surface area contributed by atoms with Crippen molar-refractivity contribution in [2.24, 2.45) is 0 Å². The number of amides is 2. The average molecular weight is 875 g/mol. The molecule has 0 aliphatic carbocycles. The number of hydrogen-bond donors (Lipinski definition) is 3. The van der Waals surface area contributed by atoms with Gasteiger partial charge in [-0.3, -0.25) is 9.59 Å². The van der Waals surface area contributed by atoms with Gasteiger partial charge < -0.3 is 30.0 Å². The zero-order valence-corrected chi connectivity index (χ0v) is 34.7. The largest absolute Gasteiger partial charge is 0.478 e. The molecule has 2 amide bonds. The van der Waals surface area contributed by atoms with Crippen molar-refractivity contribution in [2.45, 2.75) is 25.9 Å². The molecule has 6 aromatic rings. The Hall–Kier alpha value is -6.04. The quantitative estimate of drug-likeness (QED) is 0.103. The molecule has 0 radical (unpaired) electrons. The zero-order chi connectivity index (χ0) is 42.6. The Bertz CT molecular complexity index is 2460. The van der Waals surface area contributed by atoms with Crippen LogP contribution in [0.25, 0.3) is 0 Å². The summed E-state index contributed by atoms with van der Waals surface area (Å²) in [4.78, 5) is 48.3. The highest BCUT2D eigenvalue weighted by molar-refractivity contribution is 6.32. The van der Waals surface area contributed by atoms with Gasteiger partial charge in [0.05, 0.1) is 41.4 Å². The number of hydrogen-bond acceptors (Lipinski definition) is 7. The van der Waals surface area contributed by atoms with Gasteiger partial charge in [-0.25, -0.2) is 9.59 Å². The number of benzene rings is 6. The van der Waals surface area contributed by atoms with Gasteiger partial charge in [-0.15, -0.1) is 0 Å². The number of carboxylic acids is 1. The number of carboxylic acid groups (broad SMARTS) is 1. The van der Waals surface area contributed by atoms with E-state index in [1.54, 1.807) is 122 Å². The summed E-state index contributed by atoms with van der Waals surface area (Å²) in [5, 5.41) is 16.6. The molecule has 3 N–H and O–H groups in total. The van der Waals surface area contributed by atoms with E-state index in [-0.39, 0.29) is 35.0 Å². The monoisotopic (exact) mass is 872 g/mol. The lowest BCUT2D eigenvalue weighted by atomic mass is 10.1. The molecule has 0 fully saturated rings. The first-order chi connectivity index (χ1) is 28.2. The molecule has 0 unspecified atom stereocenters. The minimum Gasteiger partial charge on any atom is -0.478 e. The van der Waals surface area contributed by atoms with E-state index in [9.17, 15) is 19.2 Å². The highest BCUT2D eigenvalue weighted by Crippen LogP contribution is 2.32. The Labute approximate surface area is 360 Å². The lowest BCUT2D eigenvalue weighted by molar-refractivity contribution is 0.0599. The van der Waals surface area contributed by atoms with Crippen LogP contribution in [0.2, 0.25) is 20.1 Å². The summed E-state index contributed by atoms with van der Waals surface area (Å²) in [7, 11) is 1.33. The van der Waals surface area contributed by atoms with Crippen molar-refractivity contribution < 1.29 is 38.5 Å². The van der Waals surface area contributed by atoms with Gasteiger partial charge in [-0.1, -0.05) is 82.8 Å². The van der Waals surface area contributed by atoms with Crippen LogP contribution < -0.4 is 20.1 Å². The van der Waals surface area contributed by atoms with Crippen LogP contribution in [0.1, 0.15) is 78.5 Å². The van der Waals surface area contributed by atoms with Crippen molar-refractivity contribution in [3.8, 4) is 23.0 Å². The molecule has 0 spiro atoms. The van der Waals surface area contributed by atoms with Crippen molar-refractivity contribution in [1.82, 2.24) is 10.6 Å². The molecule has 0 aliphatic rings. The number of ether oxygens (including phenoxy) is 3. The standard InChI is InChI=1S/C23H19Cl2NO4.C22H17Cl2NO4/c1-14(15-6-8-16(9-7-15)23(28)29-2)26-22(27)20-13-18(25)10-11-21(20)30-19-5-3-4-17(24)12-19;1-13(14-5-7-15(8-6-14)22(27)28)25-21(26)19-12-17(24)9-10-20(19)29-18-4-2-3-16(23)11-18/h3-14H,1-2H3,(H,26,27);2-13H,1H3,(H,25,26)(H,27,28)/t14-;13-/m00/s1. The Morgan fingerprint density at radius 2 is 0.915 bits per heavy atom. The van der Waals surface area contributed by atoms with Gasteiger partial charge in [-0.2, -0.15) is 0 Å². The van der Waals surface area contributed by atoms with Crippen molar-refractivity contribution >= 4 is 70.2 Å². The van der Waals surface area contributed by atoms with Crippen molar-refractivity contribution in [3.63, 3.8) is 0 Å². The Balaban J connectivity index is 0.000000224. The fourth-order valence-electron chi connectivity index (χ4n) is 5.51. The van der Waals surface area contributed by atoms with Crippen molar-refractivity contribution in [3.05, 3.63) is 187 Å². The van der Waals surface area contributed by atoms with Gasteiger partial charge in [-0.05, 0) is 122 Å².